The maximum absolute atomic E-state index is 14.2. The van der Waals surface area contributed by atoms with Crippen molar-refractivity contribution in [2.45, 2.75) is 0 Å². The van der Waals surface area contributed by atoms with Crippen LogP contribution in [0.15, 0.2) is 85.1 Å². The number of aromatic nitrogens is 1. The minimum atomic E-state index is -0.252. The van der Waals surface area contributed by atoms with E-state index in [9.17, 15) is 4.39 Å². The van der Waals surface area contributed by atoms with Gasteiger partial charge in [0.05, 0.1) is 5.69 Å². The zero-order chi connectivity index (χ0) is 15.6. The van der Waals surface area contributed by atoms with Crippen LogP contribution in [0.25, 0.3) is 33.2 Å². The molecule has 0 amide bonds. The lowest BCUT2D eigenvalue weighted by atomic mass is 9.97. The molecule has 1 heterocycles. The van der Waals surface area contributed by atoms with Crippen molar-refractivity contribution in [1.82, 2.24) is 4.98 Å². The van der Waals surface area contributed by atoms with E-state index < -0.39 is 0 Å². The second kappa shape index (κ2) is 5.65. The van der Waals surface area contributed by atoms with E-state index in [1.807, 2.05) is 48.7 Å². The number of hydrogen-bond donors (Lipinski definition) is 0. The summed E-state index contributed by atoms with van der Waals surface area (Å²) in [5.74, 6) is -0.252. The SMILES string of the molecule is Fc1ccccc1-c1ncc(-c2ccccc2)c2ccccc12. The molecule has 3 aromatic carbocycles. The van der Waals surface area contributed by atoms with Gasteiger partial charge in [-0.3, -0.25) is 4.98 Å². The molecule has 23 heavy (non-hydrogen) atoms. The van der Waals surface area contributed by atoms with Gasteiger partial charge < -0.3 is 0 Å². The summed E-state index contributed by atoms with van der Waals surface area (Å²) in [6.07, 6.45) is 1.83. The van der Waals surface area contributed by atoms with Crippen molar-refractivity contribution in [2.24, 2.45) is 0 Å². The van der Waals surface area contributed by atoms with Crippen LogP contribution < -0.4 is 0 Å². The average Bonchev–Trinajstić information content (AvgIpc) is 2.62. The maximum Gasteiger partial charge on any atom is 0.132 e. The van der Waals surface area contributed by atoms with Gasteiger partial charge in [-0.2, -0.15) is 0 Å². The molecule has 0 unspecified atom stereocenters. The van der Waals surface area contributed by atoms with Gasteiger partial charge in [-0.05, 0) is 23.1 Å². The monoisotopic (exact) mass is 299 g/mol. The molecular weight excluding hydrogens is 285 g/mol. The van der Waals surface area contributed by atoms with Gasteiger partial charge in [0.15, 0.2) is 0 Å². The topological polar surface area (TPSA) is 12.9 Å². The number of hydrogen-bond acceptors (Lipinski definition) is 1. The third kappa shape index (κ3) is 2.38. The van der Waals surface area contributed by atoms with Crippen LogP contribution >= 0.6 is 0 Å². The molecule has 0 aliphatic rings. The van der Waals surface area contributed by atoms with Gasteiger partial charge in [-0.15, -0.1) is 0 Å². The van der Waals surface area contributed by atoms with Crippen molar-refractivity contribution in [3.63, 3.8) is 0 Å². The van der Waals surface area contributed by atoms with Crippen LogP contribution in [0.3, 0.4) is 0 Å². The first-order valence-corrected chi connectivity index (χ1v) is 7.52. The molecule has 0 saturated carbocycles. The first-order chi connectivity index (χ1) is 11.3. The third-order valence-corrected chi connectivity index (χ3v) is 4.01. The lowest BCUT2D eigenvalue weighted by Crippen LogP contribution is -1.92. The summed E-state index contributed by atoms with van der Waals surface area (Å²) < 4.78 is 14.2. The van der Waals surface area contributed by atoms with Gasteiger partial charge in [0.1, 0.15) is 5.82 Å². The molecule has 2 heteroatoms. The summed E-state index contributed by atoms with van der Waals surface area (Å²) >= 11 is 0. The van der Waals surface area contributed by atoms with Gasteiger partial charge in [0.2, 0.25) is 0 Å². The fourth-order valence-electron chi connectivity index (χ4n) is 2.91. The van der Waals surface area contributed by atoms with E-state index in [0.29, 0.717) is 11.3 Å². The predicted molar refractivity (Wildman–Crippen MR) is 92.6 cm³/mol. The first kappa shape index (κ1) is 13.6. The Morgan fingerprint density at radius 2 is 1.26 bits per heavy atom. The van der Waals surface area contributed by atoms with Crippen molar-refractivity contribution in [3.8, 4) is 22.4 Å². The number of fused-ring (bicyclic) bond motifs is 1. The molecule has 0 N–H and O–H groups in total. The Balaban J connectivity index is 2.02. The molecule has 4 rings (SSSR count). The van der Waals surface area contributed by atoms with Crippen molar-refractivity contribution in [1.29, 1.82) is 0 Å². The third-order valence-electron chi connectivity index (χ3n) is 4.01. The molecule has 0 saturated heterocycles. The Kier molecular flexibility index (Phi) is 3.35. The molecular formula is C21H14FN. The van der Waals surface area contributed by atoms with E-state index >= 15 is 0 Å². The van der Waals surface area contributed by atoms with E-state index in [-0.39, 0.29) is 5.82 Å². The highest BCUT2D eigenvalue weighted by Gasteiger charge is 2.12. The standard InChI is InChI=1S/C21H14FN/c22-20-13-7-6-12-18(20)21-17-11-5-4-10-16(17)19(14-23-21)15-8-2-1-3-9-15/h1-14H. The molecule has 110 valence electrons. The lowest BCUT2D eigenvalue weighted by molar-refractivity contribution is 0.631. The summed E-state index contributed by atoms with van der Waals surface area (Å²) in [5, 5.41) is 2.03. The molecule has 0 spiro atoms. The summed E-state index contributed by atoms with van der Waals surface area (Å²) in [5.41, 5.74) is 3.37. The van der Waals surface area contributed by atoms with E-state index in [4.69, 9.17) is 0 Å². The van der Waals surface area contributed by atoms with Crippen molar-refractivity contribution < 1.29 is 4.39 Å². The zero-order valence-corrected chi connectivity index (χ0v) is 12.4. The Hall–Kier alpha value is -3.00. The first-order valence-electron chi connectivity index (χ1n) is 7.52. The lowest BCUT2D eigenvalue weighted by Gasteiger charge is -2.11. The number of nitrogens with zero attached hydrogens (tertiary/aromatic N) is 1. The van der Waals surface area contributed by atoms with Crippen LogP contribution in [0.4, 0.5) is 4.39 Å². The van der Waals surface area contributed by atoms with Gasteiger partial charge in [0.25, 0.3) is 0 Å². The molecule has 0 aliphatic heterocycles. The number of benzene rings is 3. The Labute approximate surface area is 134 Å². The van der Waals surface area contributed by atoms with Crippen LogP contribution in [0.5, 0.6) is 0 Å². The minimum absolute atomic E-state index is 0.252. The van der Waals surface area contributed by atoms with E-state index in [2.05, 4.69) is 23.2 Å². The second-order valence-corrected chi connectivity index (χ2v) is 5.41. The molecule has 0 radical (unpaired) electrons. The quantitative estimate of drug-likeness (QED) is 0.462. The average molecular weight is 299 g/mol. The van der Waals surface area contributed by atoms with E-state index in [1.165, 1.54) is 6.07 Å². The smallest absolute Gasteiger partial charge is 0.132 e. The van der Waals surface area contributed by atoms with Gasteiger partial charge in [0, 0.05) is 22.7 Å². The molecule has 4 aromatic rings. The summed E-state index contributed by atoms with van der Waals surface area (Å²) in [4.78, 5) is 4.57. The Morgan fingerprint density at radius 1 is 0.609 bits per heavy atom. The fourth-order valence-corrected chi connectivity index (χ4v) is 2.91. The summed E-state index contributed by atoms with van der Waals surface area (Å²) in [7, 11) is 0. The minimum Gasteiger partial charge on any atom is -0.255 e. The van der Waals surface area contributed by atoms with Gasteiger partial charge in [-0.1, -0.05) is 66.7 Å². The van der Waals surface area contributed by atoms with Gasteiger partial charge in [-0.25, -0.2) is 4.39 Å². The number of halogens is 1. The molecule has 1 nitrogen and oxygen atoms in total. The molecule has 1 aromatic heterocycles. The molecule has 0 aliphatic carbocycles. The van der Waals surface area contributed by atoms with Crippen LogP contribution in [-0.2, 0) is 0 Å². The zero-order valence-electron chi connectivity index (χ0n) is 12.4. The highest BCUT2D eigenvalue weighted by Crippen LogP contribution is 2.34. The van der Waals surface area contributed by atoms with Crippen molar-refractivity contribution >= 4 is 10.8 Å². The number of rotatable bonds is 2. The fraction of sp³-hybridized carbons (Fsp3) is 0. The molecule has 0 atom stereocenters. The second-order valence-electron chi connectivity index (χ2n) is 5.41. The molecule has 0 bridgehead atoms. The normalized spacial score (nSPS) is 10.8. The predicted octanol–water partition coefficient (Wildman–Crippen LogP) is 5.71. The largest absolute Gasteiger partial charge is 0.255 e. The van der Waals surface area contributed by atoms with Crippen molar-refractivity contribution in [3.05, 3.63) is 90.9 Å². The van der Waals surface area contributed by atoms with Crippen LogP contribution in [0.2, 0.25) is 0 Å². The highest BCUT2D eigenvalue weighted by molar-refractivity contribution is 6.03. The Morgan fingerprint density at radius 3 is 2.04 bits per heavy atom. The van der Waals surface area contributed by atoms with Crippen LogP contribution in [0.1, 0.15) is 0 Å². The maximum atomic E-state index is 14.2. The highest BCUT2D eigenvalue weighted by atomic mass is 19.1. The number of pyridine rings is 1. The molecule has 0 fully saturated rings. The summed E-state index contributed by atoms with van der Waals surface area (Å²) in [6, 6.07) is 24.9. The van der Waals surface area contributed by atoms with Crippen LogP contribution in [-0.4, -0.2) is 4.98 Å². The van der Waals surface area contributed by atoms with Gasteiger partial charge >= 0.3 is 0 Å². The van der Waals surface area contributed by atoms with Crippen LogP contribution in [0, 0.1) is 5.82 Å². The van der Waals surface area contributed by atoms with E-state index in [1.54, 1.807) is 12.1 Å². The van der Waals surface area contributed by atoms with Crippen molar-refractivity contribution in [2.75, 3.05) is 0 Å². The Bertz CT molecular complexity index is 977. The van der Waals surface area contributed by atoms with E-state index in [0.717, 1.165) is 21.9 Å². The summed E-state index contributed by atoms with van der Waals surface area (Å²) in [6.45, 7) is 0.